The third kappa shape index (κ3) is 2.90. The lowest BCUT2D eigenvalue weighted by Gasteiger charge is -2.11. The lowest BCUT2D eigenvalue weighted by atomic mass is 10.1. The van der Waals surface area contributed by atoms with Gasteiger partial charge in [0.25, 0.3) is 0 Å². The minimum atomic E-state index is 0.234. The fourth-order valence-corrected chi connectivity index (χ4v) is 2.60. The van der Waals surface area contributed by atoms with Gasteiger partial charge in [-0.15, -0.1) is 0 Å². The maximum absolute atomic E-state index is 5.42. The predicted molar refractivity (Wildman–Crippen MR) is 83.1 cm³/mol. The second-order valence-electron chi connectivity index (χ2n) is 4.65. The number of ether oxygens (including phenoxy) is 3. The van der Waals surface area contributed by atoms with Crippen LogP contribution in [-0.4, -0.2) is 18.9 Å². The van der Waals surface area contributed by atoms with E-state index in [-0.39, 0.29) is 6.79 Å². The Hall–Kier alpha value is -1.95. The molecule has 0 aliphatic carbocycles. The molecule has 0 saturated heterocycles. The molecule has 2 aromatic rings. The van der Waals surface area contributed by atoms with E-state index in [2.05, 4.69) is 26.2 Å². The molecule has 5 nitrogen and oxygen atoms in total. The molecule has 1 N–H and O–H groups in total. The number of hydrogen-bond donors (Lipinski definition) is 1. The Kier molecular flexibility index (Phi) is 3.88. The number of hydrogen-bond acceptors (Lipinski definition) is 5. The fourth-order valence-electron chi connectivity index (χ4n) is 2.20. The van der Waals surface area contributed by atoms with E-state index in [1.807, 2.05) is 31.2 Å². The standard InChI is InChI=1S/C15H15BrN2O3/c1-9-11(3-4-14(16)18-9)17-7-10-5-12(19-2)15-13(6-10)20-8-21-15/h3-6,17H,7-8H2,1-2H3. The van der Waals surface area contributed by atoms with Gasteiger partial charge in [-0.1, -0.05) is 0 Å². The van der Waals surface area contributed by atoms with Crippen molar-refractivity contribution in [3.63, 3.8) is 0 Å². The molecule has 3 rings (SSSR count). The largest absolute Gasteiger partial charge is 0.493 e. The number of methoxy groups -OCH3 is 1. The zero-order chi connectivity index (χ0) is 14.8. The molecule has 21 heavy (non-hydrogen) atoms. The number of nitrogens with zero attached hydrogens (tertiary/aromatic N) is 1. The molecule has 0 unspecified atom stereocenters. The summed E-state index contributed by atoms with van der Waals surface area (Å²) in [6.07, 6.45) is 0. The van der Waals surface area contributed by atoms with E-state index >= 15 is 0 Å². The van der Waals surface area contributed by atoms with Crippen LogP contribution in [0, 0.1) is 6.92 Å². The van der Waals surface area contributed by atoms with Crippen LogP contribution in [0.2, 0.25) is 0 Å². The smallest absolute Gasteiger partial charge is 0.231 e. The van der Waals surface area contributed by atoms with Gasteiger partial charge in [-0.05, 0) is 52.7 Å². The van der Waals surface area contributed by atoms with Gasteiger partial charge in [-0.2, -0.15) is 0 Å². The Balaban J connectivity index is 1.79. The summed E-state index contributed by atoms with van der Waals surface area (Å²) in [5.74, 6) is 2.08. The lowest BCUT2D eigenvalue weighted by molar-refractivity contribution is 0.171. The number of nitrogens with one attached hydrogen (secondary N) is 1. The van der Waals surface area contributed by atoms with E-state index in [1.165, 1.54) is 0 Å². The number of pyridine rings is 1. The predicted octanol–water partition coefficient (Wildman–Crippen LogP) is 3.50. The molecule has 6 heteroatoms. The van der Waals surface area contributed by atoms with Gasteiger partial charge in [0.2, 0.25) is 12.5 Å². The highest BCUT2D eigenvalue weighted by molar-refractivity contribution is 9.10. The maximum atomic E-state index is 5.42. The van der Waals surface area contributed by atoms with Crippen LogP contribution in [0.5, 0.6) is 17.2 Å². The first-order chi connectivity index (χ1) is 10.2. The van der Waals surface area contributed by atoms with Gasteiger partial charge in [0.1, 0.15) is 4.60 Å². The quantitative estimate of drug-likeness (QED) is 0.855. The van der Waals surface area contributed by atoms with Gasteiger partial charge in [-0.3, -0.25) is 0 Å². The molecule has 0 bridgehead atoms. The molecular weight excluding hydrogens is 336 g/mol. The second-order valence-corrected chi connectivity index (χ2v) is 5.46. The minimum Gasteiger partial charge on any atom is -0.493 e. The molecule has 0 amide bonds. The van der Waals surface area contributed by atoms with E-state index in [0.29, 0.717) is 18.0 Å². The van der Waals surface area contributed by atoms with Crippen LogP contribution in [0.4, 0.5) is 5.69 Å². The van der Waals surface area contributed by atoms with Crippen LogP contribution in [0.3, 0.4) is 0 Å². The zero-order valence-corrected chi connectivity index (χ0v) is 13.4. The molecule has 0 radical (unpaired) electrons. The molecule has 1 aromatic heterocycles. The van der Waals surface area contributed by atoms with Gasteiger partial charge >= 0.3 is 0 Å². The Morgan fingerprint density at radius 3 is 2.95 bits per heavy atom. The maximum Gasteiger partial charge on any atom is 0.231 e. The third-order valence-corrected chi connectivity index (χ3v) is 3.69. The van der Waals surface area contributed by atoms with Gasteiger partial charge < -0.3 is 19.5 Å². The fraction of sp³-hybridized carbons (Fsp3) is 0.267. The van der Waals surface area contributed by atoms with Gasteiger partial charge in [0.05, 0.1) is 18.5 Å². The minimum absolute atomic E-state index is 0.234. The summed E-state index contributed by atoms with van der Waals surface area (Å²) in [6, 6.07) is 7.81. The monoisotopic (exact) mass is 350 g/mol. The first-order valence-electron chi connectivity index (χ1n) is 6.51. The summed E-state index contributed by atoms with van der Waals surface area (Å²) in [5.41, 5.74) is 2.99. The number of rotatable bonds is 4. The number of halogens is 1. The zero-order valence-electron chi connectivity index (χ0n) is 11.8. The molecule has 0 atom stereocenters. The van der Waals surface area contributed by atoms with Crippen molar-refractivity contribution in [2.24, 2.45) is 0 Å². The van der Waals surface area contributed by atoms with Crippen molar-refractivity contribution < 1.29 is 14.2 Å². The van der Waals surface area contributed by atoms with Crippen LogP contribution in [-0.2, 0) is 6.54 Å². The van der Waals surface area contributed by atoms with Crippen molar-refractivity contribution >= 4 is 21.6 Å². The Morgan fingerprint density at radius 2 is 2.19 bits per heavy atom. The lowest BCUT2D eigenvalue weighted by Crippen LogP contribution is -2.02. The normalized spacial score (nSPS) is 12.3. The van der Waals surface area contributed by atoms with E-state index in [0.717, 1.165) is 27.3 Å². The molecule has 0 fully saturated rings. The summed E-state index contributed by atoms with van der Waals surface area (Å²) in [4.78, 5) is 4.36. The molecule has 0 spiro atoms. The summed E-state index contributed by atoms with van der Waals surface area (Å²) < 4.78 is 17.0. The third-order valence-electron chi connectivity index (χ3n) is 3.25. The number of aromatic nitrogens is 1. The SMILES string of the molecule is COc1cc(CNc2ccc(Br)nc2C)cc2c1OCO2. The highest BCUT2D eigenvalue weighted by Gasteiger charge is 2.19. The van der Waals surface area contributed by atoms with E-state index in [1.54, 1.807) is 7.11 Å². The van der Waals surface area contributed by atoms with Crippen molar-refractivity contribution in [3.05, 3.63) is 40.1 Å². The molecular formula is C15H15BrN2O3. The molecule has 1 aliphatic rings. The first-order valence-corrected chi connectivity index (χ1v) is 7.30. The molecule has 1 aliphatic heterocycles. The van der Waals surface area contributed by atoms with Crippen LogP contribution in [0.15, 0.2) is 28.9 Å². The van der Waals surface area contributed by atoms with Crippen molar-refractivity contribution in [1.82, 2.24) is 4.98 Å². The molecule has 0 saturated carbocycles. The summed E-state index contributed by atoms with van der Waals surface area (Å²) in [6.45, 7) is 2.85. The number of fused-ring (bicyclic) bond motifs is 1. The summed E-state index contributed by atoms with van der Waals surface area (Å²) >= 11 is 3.36. The Morgan fingerprint density at radius 1 is 1.33 bits per heavy atom. The molecule has 2 heterocycles. The van der Waals surface area contributed by atoms with Crippen LogP contribution < -0.4 is 19.5 Å². The van der Waals surface area contributed by atoms with Crippen molar-refractivity contribution in [2.75, 3.05) is 19.2 Å². The average Bonchev–Trinajstić information content (AvgIpc) is 2.93. The number of anilines is 1. The average molecular weight is 351 g/mol. The van der Waals surface area contributed by atoms with Crippen LogP contribution in [0.1, 0.15) is 11.3 Å². The van der Waals surface area contributed by atoms with Crippen molar-refractivity contribution in [3.8, 4) is 17.2 Å². The number of aryl methyl sites for hydroxylation is 1. The van der Waals surface area contributed by atoms with Crippen LogP contribution >= 0.6 is 15.9 Å². The highest BCUT2D eigenvalue weighted by atomic mass is 79.9. The van der Waals surface area contributed by atoms with Crippen molar-refractivity contribution in [2.45, 2.75) is 13.5 Å². The Bertz CT molecular complexity index is 676. The number of benzene rings is 1. The van der Waals surface area contributed by atoms with E-state index < -0.39 is 0 Å². The van der Waals surface area contributed by atoms with E-state index in [4.69, 9.17) is 14.2 Å². The first kappa shape index (κ1) is 14.0. The highest BCUT2D eigenvalue weighted by Crippen LogP contribution is 2.41. The molecule has 110 valence electrons. The van der Waals surface area contributed by atoms with Gasteiger partial charge in [0.15, 0.2) is 11.5 Å². The summed E-state index contributed by atoms with van der Waals surface area (Å²) in [5, 5.41) is 3.36. The van der Waals surface area contributed by atoms with Gasteiger partial charge in [0, 0.05) is 6.54 Å². The van der Waals surface area contributed by atoms with Gasteiger partial charge in [-0.25, -0.2) is 4.98 Å². The topological polar surface area (TPSA) is 52.6 Å². The van der Waals surface area contributed by atoms with E-state index in [9.17, 15) is 0 Å². The molecule has 1 aromatic carbocycles. The second kappa shape index (κ2) is 5.81. The Labute approximate surface area is 131 Å². The van der Waals surface area contributed by atoms with Crippen LogP contribution in [0.25, 0.3) is 0 Å². The summed E-state index contributed by atoms with van der Waals surface area (Å²) in [7, 11) is 1.62. The van der Waals surface area contributed by atoms with Crippen molar-refractivity contribution in [1.29, 1.82) is 0 Å².